The Morgan fingerprint density at radius 1 is 1.33 bits per heavy atom. The van der Waals surface area contributed by atoms with Gasteiger partial charge >= 0.3 is 0 Å². The molecule has 0 atom stereocenters. The van der Waals surface area contributed by atoms with E-state index in [1.807, 2.05) is 0 Å². The van der Waals surface area contributed by atoms with E-state index in [0.29, 0.717) is 24.7 Å². The van der Waals surface area contributed by atoms with Crippen LogP contribution in [-0.2, 0) is 0 Å². The van der Waals surface area contributed by atoms with Crippen LogP contribution in [0, 0.1) is 18.6 Å². The van der Waals surface area contributed by atoms with Crippen LogP contribution in [0.15, 0.2) is 24.3 Å². The van der Waals surface area contributed by atoms with Crippen molar-refractivity contribution in [3.05, 3.63) is 41.6 Å². The van der Waals surface area contributed by atoms with Crippen molar-refractivity contribution in [1.82, 2.24) is 9.78 Å². The van der Waals surface area contributed by atoms with Gasteiger partial charge in [0.2, 0.25) is 5.88 Å². The largest absolute Gasteiger partial charge is 0.475 e. The van der Waals surface area contributed by atoms with E-state index < -0.39 is 11.6 Å². The molecule has 0 fully saturated rings. The number of hydrogen-bond donors (Lipinski definition) is 1. The van der Waals surface area contributed by atoms with Crippen molar-refractivity contribution in [1.29, 1.82) is 0 Å². The summed E-state index contributed by atoms with van der Waals surface area (Å²) < 4.78 is 33.1. The first-order valence-corrected chi connectivity index (χ1v) is 5.47. The minimum atomic E-state index is -0.674. The average Bonchev–Trinajstić information content (AvgIpc) is 2.68. The second kappa shape index (κ2) is 5.14. The predicted octanol–water partition coefficient (Wildman–Crippen LogP) is 1.80. The van der Waals surface area contributed by atoms with Gasteiger partial charge in [0, 0.05) is 24.4 Å². The third-order valence-corrected chi connectivity index (χ3v) is 2.37. The highest BCUT2D eigenvalue weighted by atomic mass is 19.1. The van der Waals surface area contributed by atoms with Crippen molar-refractivity contribution in [2.45, 2.75) is 6.92 Å². The minimum Gasteiger partial charge on any atom is -0.475 e. The molecule has 1 heterocycles. The second-order valence-corrected chi connectivity index (χ2v) is 3.77. The highest BCUT2D eigenvalue weighted by Gasteiger charge is 2.11. The van der Waals surface area contributed by atoms with Crippen molar-refractivity contribution in [3.63, 3.8) is 0 Å². The number of nitrogens with two attached hydrogens (primary N) is 1. The average molecular weight is 253 g/mol. The zero-order chi connectivity index (χ0) is 13.1. The lowest BCUT2D eigenvalue weighted by Gasteiger charge is -2.05. The van der Waals surface area contributed by atoms with Gasteiger partial charge in [0.25, 0.3) is 0 Å². The summed E-state index contributed by atoms with van der Waals surface area (Å²) in [6, 6.07) is 4.99. The van der Waals surface area contributed by atoms with Gasteiger partial charge in [-0.1, -0.05) is 0 Å². The fourth-order valence-corrected chi connectivity index (χ4v) is 1.58. The van der Waals surface area contributed by atoms with Crippen molar-refractivity contribution in [2.24, 2.45) is 5.73 Å². The summed E-state index contributed by atoms with van der Waals surface area (Å²) in [6.07, 6.45) is 0. The molecule has 0 amide bonds. The SMILES string of the molecule is Cc1cc(OCCN)nn1-c1ccc(F)cc1F. The topological polar surface area (TPSA) is 53.1 Å². The molecule has 0 aliphatic rings. The van der Waals surface area contributed by atoms with Crippen molar-refractivity contribution in [2.75, 3.05) is 13.2 Å². The Morgan fingerprint density at radius 2 is 2.11 bits per heavy atom. The summed E-state index contributed by atoms with van der Waals surface area (Å²) in [5.41, 5.74) is 6.18. The van der Waals surface area contributed by atoms with Gasteiger partial charge in [-0.15, -0.1) is 5.10 Å². The molecule has 0 radical (unpaired) electrons. The van der Waals surface area contributed by atoms with Gasteiger partial charge in [-0.25, -0.2) is 13.5 Å². The predicted molar refractivity (Wildman–Crippen MR) is 62.8 cm³/mol. The summed E-state index contributed by atoms with van der Waals surface area (Å²) in [6.45, 7) is 2.46. The summed E-state index contributed by atoms with van der Waals surface area (Å²) in [7, 11) is 0. The maximum absolute atomic E-state index is 13.6. The van der Waals surface area contributed by atoms with Crippen LogP contribution in [-0.4, -0.2) is 22.9 Å². The number of ether oxygens (including phenoxy) is 1. The van der Waals surface area contributed by atoms with E-state index in [0.717, 1.165) is 6.07 Å². The standard InChI is InChI=1S/C12H13F2N3O/c1-8-6-12(18-5-4-15)16-17(8)11-3-2-9(13)7-10(11)14/h2-3,6-7H,4-5,15H2,1H3. The number of aromatic nitrogens is 2. The smallest absolute Gasteiger partial charge is 0.233 e. The van der Waals surface area contributed by atoms with Crippen LogP contribution in [0.3, 0.4) is 0 Å². The first-order chi connectivity index (χ1) is 8.61. The van der Waals surface area contributed by atoms with Crippen LogP contribution in [0.1, 0.15) is 5.69 Å². The maximum atomic E-state index is 13.6. The lowest BCUT2D eigenvalue weighted by Crippen LogP contribution is -2.11. The molecule has 18 heavy (non-hydrogen) atoms. The number of aryl methyl sites for hydroxylation is 1. The van der Waals surface area contributed by atoms with Crippen LogP contribution in [0.2, 0.25) is 0 Å². The molecule has 0 saturated heterocycles. The zero-order valence-electron chi connectivity index (χ0n) is 9.86. The first-order valence-electron chi connectivity index (χ1n) is 5.47. The Labute approximate surface area is 103 Å². The van der Waals surface area contributed by atoms with E-state index in [9.17, 15) is 8.78 Å². The molecule has 1 aromatic carbocycles. The van der Waals surface area contributed by atoms with E-state index in [1.54, 1.807) is 13.0 Å². The van der Waals surface area contributed by atoms with E-state index in [-0.39, 0.29) is 5.69 Å². The Morgan fingerprint density at radius 3 is 2.78 bits per heavy atom. The van der Waals surface area contributed by atoms with E-state index in [4.69, 9.17) is 10.5 Å². The molecule has 0 unspecified atom stereocenters. The van der Waals surface area contributed by atoms with Gasteiger partial charge in [0.15, 0.2) is 5.82 Å². The zero-order valence-corrected chi connectivity index (χ0v) is 9.86. The lowest BCUT2D eigenvalue weighted by molar-refractivity contribution is 0.313. The third kappa shape index (κ3) is 2.48. The van der Waals surface area contributed by atoms with Crippen LogP contribution in [0.4, 0.5) is 8.78 Å². The highest BCUT2D eigenvalue weighted by molar-refractivity contribution is 5.36. The van der Waals surface area contributed by atoms with Gasteiger partial charge < -0.3 is 10.5 Å². The highest BCUT2D eigenvalue weighted by Crippen LogP contribution is 2.19. The second-order valence-electron chi connectivity index (χ2n) is 3.77. The molecule has 0 aliphatic heterocycles. The van der Waals surface area contributed by atoms with E-state index >= 15 is 0 Å². The molecular formula is C12H13F2N3O. The number of benzene rings is 1. The van der Waals surface area contributed by atoms with Crippen LogP contribution < -0.4 is 10.5 Å². The van der Waals surface area contributed by atoms with Gasteiger partial charge in [-0.05, 0) is 19.1 Å². The molecule has 4 nitrogen and oxygen atoms in total. The Balaban J connectivity index is 2.35. The molecule has 0 spiro atoms. The molecule has 96 valence electrons. The molecule has 0 saturated carbocycles. The summed E-state index contributed by atoms with van der Waals surface area (Å²) in [4.78, 5) is 0. The van der Waals surface area contributed by atoms with Crippen LogP contribution in [0.5, 0.6) is 5.88 Å². The van der Waals surface area contributed by atoms with Crippen molar-refractivity contribution in [3.8, 4) is 11.6 Å². The van der Waals surface area contributed by atoms with Gasteiger partial charge in [-0.2, -0.15) is 0 Å². The molecule has 0 bridgehead atoms. The first kappa shape index (κ1) is 12.5. The minimum absolute atomic E-state index is 0.177. The van der Waals surface area contributed by atoms with Crippen molar-refractivity contribution >= 4 is 0 Å². The fraction of sp³-hybridized carbons (Fsp3) is 0.250. The molecule has 0 aliphatic carbocycles. The summed E-state index contributed by atoms with van der Waals surface area (Å²) >= 11 is 0. The van der Waals surface area contributed by atoms with E-state index in [2.05, 4.69) is 5.10 Å². The number of nitrogens with zero attached hydrogens (tertiary/aromatic N) is 2. The lowest BCUT2D eigenvalue weighted by atomic mass is 10.3. The number of halogens is 2. The van der Waals surface area contributed by atoms with E-state index in [1.165, 1.54) is 16.8 Å². The maximum Gasteiger partial charge on any atom is 0.233 e. The van der Waals surface area contributed by atoms with Gasteiger partial charge in [0.1, 0.15) is 18.1 Å². The van der Waals surface area contributed by atoms with Crippen LogP contribution >= 0.6 is 0 Å². The Kier molecular flexibility index (Phi) is 3.57. The monoisotopic (exact) mass is 253 g/mol. The summed E-state index contributed by atoms with van der Waals surface area (Å²) in [5, 5.41) is 4.08. The molecule has 2 aromatic rings. The van der Waals surface area contributed by atoms with Crippen LogP contribution in [0.25, 0.3) is 5.69 Å². The Hall–Kier alpha value is -1.95. The molecule has 6 heteroatoms. The summed E-state index contributed by atoms with van der Waals surface area (Å²) in [5.74, 6) is -0.936. The Bertz CT molecular complexity index is 554. The number of rotatable bonds is 4. The molecule has 2 rings (SSSR count). The fourth-order valence-electron chi connectivity index (χ4n) is 1.58. The molecular weight excluding hydrogens is 240 g/mol. The van der Waals surface area contributed by atoms with Gasteiger partial charge in [-0.3, -0.25) is 0 Å². The third-order valence-electron chi connectivity index (χ3n) is 2.37. The molecule has 1 aromatic heterocycles. The normalized spacial score (nSPS) is 10.7. The van der Waals surface area contributed by atoms with Gasteiger partial charge in [0.05, 0.1) is 0 Å². The molecule has 2 N–H and O–H groups in total. The number of hydrogen-bond acceptors (Lipinski definition) is 3. The quantitative estimate of drug-likeness (QED) is 0.903. The van der Waals surface area contributed by atoms with Crippen molar-refractivity contribution < 1.29 is 13.5 Å².